The van der Waals surface area contributed by atoms with Crippen LogP contribution < -0.4 is 0 Å². The maximum Gasteiger partial charge on any atom is 0.221 e. The third-order valence-corrected chi connectivity index (χ3v) is 4.17. The summed E-state index contributed by atoms with van der Waals surface area (Å²) in [6, 6.07) is 0. The zero-order chi connectivity index (χ0) is 14.9. The van der Waals surface area contributed by atoms with Crippen LogP contribution in [-0.2, 0) is 22.2 Å². The van der Waals surface area contributed by atoms with Crippen LogP contribution in [0.4, 0.5) is 0 Å². The van der Waals surface area contributed by atoms with Crippen molar-refractivity contribution in [3.63, 3.8) is 0 Å². The van der Waals surface area contributed by atoms with E-state index in [1.165, 1.54) is 83.5 Å². The monoisotopic (exact) mass is 354 g/mol. The predicted molar refractivity (Wildman–Crippen MR) is 90.4 cm³/mol. The average Bonchev–Trinajstić information content (AvgIpc) is 2.43. The normalized spacial score (nSPS) is 10.4. The quantitative estimate of drug-likeness (QED) is 0.215. The first-order chi connectivity index (χ1) is 9.77. The first-order valence-electron chi connectivity index (χ1n) is 8.95. The van der Waals surface area contributed by atoms with Crippen molar-refractivity contribution >= 4 is 16.8 Å². The standard InChI is InChI=1S/C18H35ClO.Cr/c1-2-3-4-5-6-7-8-9-10-11-12-13-14-15-16-17-18(19)20;/h2-17H2,1H3;. The van der Waals surface area contributed by atoms with Crippen molar-refractivity contribution in [2.24, 2.45) is 0 Å². The molecule has 0 saturated heterocycles. The van der Waals surface area contributed by atoms with Gasteiger partial charge in [-0.2, -0.15) is 0 Å². The molecule has 0 radical (unpaired) electrons. The van der Waals surface area contributed by atoms with Gasteiger partial charge in [-0.3, -0.25) is 4.79 Å². The molecule has 0 aromatic rings. The minimum absolute atomic E-state index is 0. The molecule has 0 spiro atoms. The molecule has 21 heavy (non-hydrogen) atoms. The molecule has 1 nitrogen and oxygen atoms in total. The maximum absolute atomic E-state index is 10.5. The van der Waals surface area contributed by atoms with E-state index in [-0.39, 0.29) is 22.6 Å². The minimum Gasteiger partial charge on any atom is -0.281 e. The van der Waals surface area contributed by atoms with E-state index in [9.17, 15) is 4.79 Å². The van der Waals surface area contributed by atoms with E-state index in [4.69, 9.17) is 11.6 Å². The van der Waals surface area contributed by atoms with Crippen molar-refractivity contribution in [3.05, 3.63) is 0 Å². The molecule has 0 heterocycles. The van der Waals surface area contributed by atoms with Crippen LogP contribution >= 0.6 is 11.6 Å². The van der Waals surface area contributed by atoms with E-state index in [1.807, 2.05) is 0 Å². The van der Waals surface area contributed by atoms with Crippen LogP contribution in [0.3, 0.4) is 0 Å². The zero-order valence-corrected chi connectivity index (χ0v) is 16.0. The Bertz CT molecular complexity index is 209. The summed E-state index contributed by atoms with van der Waals surface area (Å²) in [5, 5.41) is -0.181. The van der Waals surface area contributed by atoms with Crippen molar-refractivity contribution in [1.29, 1.82) is 0 Å². The second kappa shape index (κ2) is 20.5. The number of carbonyl (C=O) groups excluding carboxylic acids is 1. The average molecular weight is 355 g/mol. The number of unbranched alkanes of at least 4 members (excludes halogenated alkanes) is 14. The van der Waals surface area contributed by atoms with Crippen LogP contribution in [0.2, 0.25) is 0 Å². The summed E-state index contributed by atoms with van der Waals surface area (Å²) in [6.45, 7) is 2.28. The van der Waals surface area contributed by atoms with Crippen LogP contribution in [0.25, 0.3) is 0 Å². The number of hydrogen-bond acceptors (Lipinski definition) is 1. The summed E-state index contributed by atoms with van der Waals surface area (Å²) in [5.74, 6) is 0. The summed E-state index contributed by atoms with van der Waals surface area (Å²) in [6.07, 6.45) is 20.8. The van der Waals surface area contributed by atoms with E-state index in [0.29, 0.717) is 6.42 Å². The largest absolute Gasteiger partial charge is 0.281 e. The van der Waals surface area contributed by atoms with Crippen LogP contribution in [-0.4, -0.2) is 5.24 Å². The Morgan fingerprint density at radius 2 is 0.905 bits per heavy atom. The molecule has 126 valence electrons. The second-order valence-electron chi connectivity index (χ2n) is 6.05. The molecule has 0 aliphatic carbocycles. The van der Waals surface area contributed by atoms with Gasteiger partial charge in [-0.1, -0.05) is 96.8 Å². The Hall–Kier alpha value is 0.492. The molecule has 0 unspecified atom stereocenters. The van der Waals surface area contributed by atoms with Gasteiger partial charge in [-0.15, -0.1) is 0 Å². The minimum atomic E-state index is -0.181. The van der Waals surface area contributed by atoms with E-state index < -0.39 is 0 Å². The summed E-state index contributed by atoms with van der Waals surface area (Å²) in [5.41, 5.74) is 0. The van der Waals surface area contributed by atoms with Gasteiger partial charge in [0.1, 0.15) is 0 Å². The fourth-order valence-electron chi connectivity index (χ4n) is 2.64. The Labute approximate surface area is 148 Å². The summed E-state index contributed by atoms with van der Waals surface area (Å²) < 4.78 is 0. The van der Waals surface area contributed by atoms with Gasteiger partial charge in [0, 0.05) is 23.8 Å². The first-order valence-corrected chi connectivity index (χ1v) is 9.33. The predicted octanol–water partition coefficient (Wildman–Crippen LogP) is 7.01. The Morgan fingerprint density at radius 3 is 1.19 bits per heavy atom. The van der Waals surface area contributed by atoms with Crippen molar-refractivity contribution < 1.29 is 22.2 Å². The second-order valence-corrected chi connectivity index (χ2v) is 6.48. The smallest absolute Gasteiger partial charge is 0.221 e. The van der Waals surface area contributed by atoms with Crippen LogP contribution in [0.15, 0.2) is 0 Å². The zero-order valence-electron chi connectivity index (χ0n) is 14.0. The molecule has 0 atom stereocenters. The Balaban J connectivity index is 0. The first kappa shape index (κ1) is 23.8. The Kier molecular flexibility index (Phi) is 23.2. The summed E-state index contributed by atoms with van der Waals surface area (Å²) in [4.78, 5) is 10.5. The molecule has 3 heteroatoms. The molecule has 0 rings (SSSR count). The van der Waals surface area contributed by atoms with Gasteiger partial charge in [0.25, 0.3) is 0 Å². The van der Waals surface area contributed by atoms with E-state index in [0.717, 1.165) is 12.8 Å². The van der Waals surface area contributed by atoms with E-state index >= 15 is 0 Å². The molecule has 0 aromatic heterocycles. The molecule has 0 fully saturated rings. The molecule has 0 bridgehead atoms. The van der Waals surface area contributed by atoms with Crippen LogP contribution in [0.5, 0.6) is 0 Å². The number of rotatable bonds is 16. The molecule has 0 N–H and O–H groups in total. The molecule has 0 aliphatic heterocycles. The number of carbonyl (C=O) groups is 1. The third-order valence-electron chi connectivity index (χ3n) is 3.98. The van der Waals surface area contributed by atoms with Crippen molar-refractivity contribution in [3.8, 4) is 0 Å². The summed E-state index contributed by atoms with van der Waals surface area (Å²) in [7, 11) is 0. The van der Waals surface area contributed by atoms with Crippen molar-refractivity contribution in [1.82, 2.24) is 0 Å². The van der Waals surface area contributed by atoms with Gasteiger partial charge >= 0.3 is 0 Å². The van der Waals surface area contributed by atoms with Gasteiger partial charge in [0.2, 0.25) is 5.24 Å². The van der Waals surface area contributed by atoms with Gasteiger partial charge in [0.15, 0.2) is 0 Å². The van der Waals surface area contributed by atoms with Crippen molar-refractivity contribution in [2.75, 3.05) is 0 Å². The Morgan fingerprint density at radius 1 is 0.619 bits per heavy atom. The van der Waals surface area contributed by atoms with E-state index in [2.05, 4.69) is 6.92 Å². The van der Waals surface area contributed by atoms with Gasteiger partial charge < -0.3 is 0 Å². The molecule has 0 aliphatic rings. The SMILES string of the molecule is CCCCCCCCCCCCCCCCCC(=O)Cl.[Cr]. The topological polar surface area (TPSA) is 17.1 Å². The fraction of sp³-hybridized carbons (Fsp3) is 0.944. The molecular weight excluding hydrogens is 320 g/mol. The van der Waals surface area contributed by atoms with Crippen LogP contribution in [0, 0.1) is 0 Å². The summed E-state index contributed by atoms with van der Waals surface area (Å²) >= 11 is 5.30. The molecule has 0 aromatic carbocycles. The third kappa shape index (κ3) is 22.9. The van der Waals surface area contributed by atoms with Crippen LogP contribution in [0.1, 0.15) is 110 Å². The number of halogens is 1. The molecular formula is C18H35ClCrO. The molecule has 0 saturated carbocycles. The van der Waals surface area contributed by atoms with E-state index in [1.54, 1.807) is 0 Å². The van der Waals surface area contributed by atoms with Gasteiger partial charge in [-0.25, -0.2) is 0 Å². The number of hydrogen-bond donors (Lipinski definition) is 0. The molecule has 0 amide bonds. The fourth-order valence-corrected chi connectivity index (χ4v) is 2.77. The maximum atomic E-state index is 10.5. The van der Waals surface area contributed by atoms with Gasteiger partial charge in [-0.05, 0) is 18.0 Å². The van der Waals surface area contributed by atoms with Crippen molar-refractivity contribution in [2.45, 2.75) is 110 Å². The van der Waals surface area contributed by atoms with Gasteiger partial charge in [0.05, 0.1) is 0 Å².